The van der Waals surface area contributed by atoms with Gasteiger partial charge < -0.3 is 9.84 Å². The van der Waals surface area contributed by atoms with Crippen molar-refractivity contribution < 1.29 is 14.6 Å². The summed E-state index contributed by atoms with van der Waals surface area (Å²) in [6, 6.07) is 0.353. The normalized spacial score (nSPS) is 25.1. The predicted octanol–water partition coefficient (Wildman–Crippen LogP) is 0.960. The molecule has 1 aliphatic rings. The number of carboxylic acids is 1. The number of hydrogen-bond acceptors (Lipinski definition) is 3. The molecule has 4 heteroatoms. The maximum absolute atomic E-state index is 10.4. The molecule has 2 atom stereocenters. The fourth-order valence-corrected chi connectivity index (χ4v) is 1.86. The highest BCUT2D eigenvalue weighted by molar-refractivity contribution is 5.66. The minimum Gasteiger partial charge on any atom is -0.481 e. The van der Waals surface area contributed by atoms with Gasteiger partial charge in [-0.2, -0.15) is 0 Å². The van der Waals surface area contributed by atoms with E-state index in [1.165, 1.54) is 0 Å². The fourth-order valence-electron chi connectivity index (χ4n) is 1.86. The summed E-state index contributed by atoms with van der Waals surface area (Å²) in [6.45, 7) is 4.05. The summed E-state index contributed by atoms with van der Waals surface area (Å²) >= 11 is 0. The van der Waals surface area contributed by atoms with E-state index in [9.17, 15) is 4.79 Å². The largest absolute Gasteiger partial charge is 0.481 e. The number of rotatable bonds is 5. The molecule has 0 saturated carbocycles. The smallest absolute Gasteiger partial charge is 0.303 e. The van der Waals surface area contributed by atoms with Gasteiger partial charge in [-0.05, 0) is 19.8 Å². The van der Waals surface area contributed by atoms with Crippen LogP contribution in [0.25, 0.3) is 0 Å². The third-order valence-electron chi connectivity index (χ3n) is 2.91. The van der Waals surface area contributed by atoms with Crippen molar-refractivity contribution >= 4 is 5.97 Å². The van der Waals surface area contributed by atoms with Crippen LogP contribution >= 0.6 is 0 Å². The van der Waals surface area contributed by atoms with Crippen molar-refractivity contribution in [2.24, 2.45) is 0 Å². The summed E-state index contributed by atoms with van der Waals surface area (Å²) in [6.07, 6.45) is 2.39. The van der Waals surface area contributed by atoms with Crippen LogP contribution in [-0.4, -0.2) is 48.3 Å². The van der Waals surface area contributed by atoms with Gasteiger partial charge in [0.15, 0.2) is 0 Å². The summed E-state index contributed by atoms with van der Waals surface area (Å²) in [4.78, 5) is 12.7. The highest BCUT2D eigenvalue weighted by Gasteiger charge is 2.25. The molecular weight excluding hydrogens is 182 g/mol. The molecule has 1 saturated heterocycles. The molecule has 14 heavy (non-hydrogen) atoms. The second-order valence-electron chi connectivity index (χ2n) is 3.92. The maximum Gasteiger partial charge on any atom is 0.303 e. The first-order chi connectivity index (χ1) is 6.63. The molecule has 1 rings (SSSR count). The van der Waals surface area contributed by atoms with Crippen molar-refractivity contribution in [3.05, 3.63) is 0 Å². The summed E-state index contributed by atoms with van der Waals surface area (Å²) < 4.78 is 5.26. The lowest BCUT2D eigenvalue weighted by molar-refractivity contribution is -0.137. The Morgan fingerprint density at radius 1 is 1.71 bits per heavy atom. The van der Waals surface area contributed by atoms with Gasteiger partial charge in [-0.25, -0.2) is 0 Å². The topological polar surface area (TPSA) is 49.8 Å². The zero-order valence-electron chi connectivity index (χ0n) is 8.90. The second kappa shape index (κ2) is 5.32. The molecule has 82 valence electrons. The third kappa shape index (κ3) is 3.27. The Bertz CT molecular complexity index is 196. The predicted molar refractivity (Wildman–Crippen MR) is 53.3 cm³/mol. The van der Waals surface area contributed by atoms with E-state index in [0.717, 1.165) is 25.9 Å². The van der Waals surface area contributed by atoms with Gasteiger partial charge in [0.05, 0.1) is 6.10 Å². The van der Waals surface area contributed by atoms with Crippen LogP contribution in [-0.2, 0) is 9.53 Å². The zero-order chi connectivity index (χ0) is 10.6. The highest BCUT2D eigenvalue weighted by atomic mass is 16.5. The molecule has 1 fully saturated rings. The molecule has 1 aliphatic heterocycles. The minimum absolute atomic E-state index is 0.259. The number of methoxy groups -OCH3 is 1. The number of carboxylic acid groups (broad SMARTS) is 1. The molecule has 0 bridgehead atoms. The first-order valence-corrected chi connectivity index (χ1v) is 5.12. The molecular formula is C10H19NO3. The van der Waals surface area contributed by atoms with E-state index in [0.29, 0.717) is 12.1 Å². The van der Waals surface area contributed by atoms with E-state index in [2.05, 4.69) is 11.8 Å². The van der Waals surface area contributed by atoms with E-state index in [-0.39, 0.29) is 6.42 Å². The van der Waals surface area contributed by atoms with Crippen LogP contribution in [0.3, 0.4) is 0 Å². The van der Waals surface area contributed by atoms with E-state index in [1.54, 1.807) is 7.11 Å². The summed E-state index contributed by atoms with van der Waals surface area (Å²) in [5.74, 6) is -0.709. The monoisotopic (exact) mass is 201 g/mol. The Morgan fingerprint density at radius 2 is 2.43 bits per heavy atom. The van der Waals surface area contributed by atoms with Crippen LogP contribution in [0, 0.1) is 0 Å². The van der Waals surface area contributed by atoms with Crippen molar-refractivity contribution in [3.8, 4) is 0 Å². The Hall–Kier alpha value is -0.610. The van der Waals surface area contributed by atoms with Gasteiger partial charge in [0, 0.05) is 32.7 Å². The van der Waals surface area contributed by atoms with Gasteiger partial charge in [-0.15, -0.1) is 0 Å². The molecule has 1 N–H and O–H groups in total. The molecule has 0 aliphatic carbocycles. The number of ether oxygens (including phenoxy) is 1. The first kappa shape index (κ1) is 11.5. The lowest BCUT2D eigenvalue weighted by Gasteiger charge is -2.23. The third-order valence-corrected chi connectivity index (χ3v) is 2.91. The molecule has 2 unspecified atom stereocenters. The quantitative estimate of drug-likeness (QED) is 0.719. The van der Waals surface area contributed by atoms with Crippen molar-refractivity contribution in [3.63, 3.8) is 0 Å². The summed E-state index contributed by atoms with van der Waals surface area (Å²) in [5, 5.41) is 8.56. The van der Waals surface area contributed by atoms with Crippen LogP contribution in [0.4, 0.5) is 0 Å². The molecule has 0 aromatic carbocycles. The van der Waals surface area contributed by atoms with Crippen molar-refractivity contribution in [2.45, 2.75) is 38.3 Å². The van der Waals surface area contributed by atoms with Gasteiger partial charge in [0.2, 0.25) is 0 Å². The van der Waals surface area contributed by atoms with Crippen molar-refractivity contribution in [1.82, 2.24) is 4.90 Å². The highest BCUT2D eigenvalue weighted by Crippen LogP contribution is 2.17. The molecule has 0 aromatic rings. The lowest BCUT2D eigenvalue weighted by atomic mass is 10.1. The average Bonchev–Trinajstić information content (AvgIpc) is 2.62. The molecule has 0 radical (unpaired) electrons. The lowest BCUT2D eigenvalue weighted by Crippen LogP contribution is -2.32. The molecule has 0 amide bonds. The summed E-state index contributed by atoms with van der Waals surface area (Å²) in [5.41, 5.74) is 0. The molecule has 1 heterocycles. The molecule has 0 aromatic heterocycles. The SMILES string of the molecule is COC1CCN(C(C)CCC(=O)O)C1. The standard InChI is InChI=1S/C10H19NO3/c1-8(3-4-10(12)13)11-6-5-9(7-11)14-2/h8-9H,3-7H2,1-2H3,(H,12,13). The van der Waals surface area contributed by atoms with Crippen LogP contribution in [0.5, 0.6) is 0 Å². The minimum atomic E-state index is -0.709. The Morgan fingerprint density at radius 3 is 2.93 bits per heavy atom. The maximum atomic E-state index is 10.4. The van der Waals surface area contributed by atoms with Crippen molar-refractivity contribution in [1.29, 1.82) is 0 Å². The van der Waals surface area contributed by atoms with Gasteiger partial charge in [0.1, 0.15) is 0 Å². The number of likely N-dealkylation sites (tertiary alicyclic amines) is 1. The van der Waals surface area contributed by atoms with Crippen LogP contribution in [0.15, 0.2) is 0 Å². The number of nitrogens with zero attached hydrogens (tertiary/aromatic N) is 1. The van der Waals surface area contributed by atoms with Crippen LogP contribution in [0.2, 0.25) is 0 Å². The number of hydrogen-bond donors (Lipinski definition) is 1. The van der Waals surface area contributed by atoms with Crippen molar-refractivity contribution in [2.75, 3.05) is 20.2 Å². The molecule has 4 nitrogen and oxygen atoms in total. The van der Waals surface area contributed by atoms with E-state index in [4.69, 9.17) is 9.84 Å². The number of aliphatic carboxylic acids is 1. The van der Waals surface area contributed by atoms with Crippen LogP contribution < -0.4 is 0 Å². The first-order valence-electron chi connectivity index (χ1n) is 5.12. The van der Waals surface area contributed by atoms with Crippen LogP contribution in [0.1, 0.15) is 26.2 Å². The Balaban J connectivity index is 2.24. The fraction of sp³-hybridized carbons (Fsp3) is 0.900. The average molecular weight is 201 g/mol. The van der Waals surface area contributed by atoms with Gasteiger partial charge in [0.25, 0.3) is 0 Å². The van der Waals surface area contributed by atoms with Gasteiger partial charge >= 0.3 is 5.97 Å². The van der Waals surface area contributed by atoms with Gasteiger partial charge in [-0.1, -0.05) is 0 Å². The Kier molecular flexibility index (Phi) is 4.35. The van der Waals surface area contributed by atoms with E-state index in [1.807, 2.05) is 0 Å². The summed E-state index contributed by atoms with van der Waals surface area (Å²) in [7, 11) is 1.73. The van der Waals surface area contributed by atoms with Gasteiger partial charge in [-0.3, -0.25) is 9.69 Å². The Labute approximate surface area is 84.8 Å². The number of carbonyl (C=O) groups is 1. The zero-order valence-corrected chi connectivity index (χ0v) is 8.90. The van der Waals surface area contributed by atoms with E-state index < -0.39 is 5.97 Å². The second-order valence-corrected chi connectivity index (χ2v) is 3.92. The molecule has 0 spiro atoms. The van der Waals surface area contributed by atoms with E-state index >= 15 is 0 Å².